The number of benzene rings is 2. The Hall–Kier alpha value is -1.51. The Kier molecular flexibility index (Phi) is 4.24. The molecular formula is C18H18OS. The van der Waals surface area contributed by atoms with Gasteiger partial charge in [-0.15, -0.1) is 11.8 Å². The van der Waals surface area contributed by atoms with E-state index in [4.69, 9.17) is 0 Å². The highest BCUT2D eigenvalue weighted by molar-refractivity contribution is 8.08. The van der Waals surface area contributed by atoms with Gasteiger partial charge in [0, 0.05) is 29.1 Å². The van der Waals surface area contributed by atoms with Gasteiger partial charge in [-0.3, -0.25) is 0 Å². The molecule has 0 amide bonds. The summed E-state index contributed by atoms with van der Waals surface area (Å²) in [6.07, 6.45) is 2.32. The van der Waals surface area contributed by atoms with Crippen LogP contribution in [-0.4, -0.2) is 17.5 Å². The van der Waals surface area contributed by atoms with Gasteiger partial charge in [0.05, 0.1) is 0 Å². The van der Waals surface area contributed by atoms with Crippen LogP contribution in [-0.2, 0) is 0 Å². The Bertz CT molecular complexity index is 577. The SMILES string of the molecule is OC[C@H]1CSC(c2ccccc2)=C[C@H]1c1ccccc1. The molecule has 0 aliphatic carbocycles. The summed E-state index contributed by atoms with van der Waals surface area (Å²) in [6, 6.07) is 21.0. The summed E-state index contributed by atoms with van der Waals surface area (Å²) in [4.78, 5) is 1.32. The maximum Gasteiger partial charge on any atom is 0.0476 e. The maximum atomic E-state index is 9.64. The molecule has 2 aromatic carbocycles. The number of thioether (sulfide) groups is 1. The van der Waals surface area contributed by atoms with Gasteiger partial charge in [-0.2, -0.15) is 0 Å². The molecule has 102 valence electrons. The molecule has 0 unspecified atom stereocenters. The fourth-order valence-electron chi connectivity index (χ4n) is 2.64. The summed E-state index contributed by atoms with van der Waals surface area (Å²) in [5.41, 5.74) is 2.56. The zero-order valence-corrected chi connectivity index (χ0v) is 12.1. The van der Waals surface area contributed by atoms with E-state index in [2.05, 4.69) is 54.6 Å². The van der Waals surface area contributed by atoms with Gasteiger partial charge in [0.15, 0.2) is 0 Å². The number of hydrogen-bond acceptors (Lipinski definition) is 2. The minimum atomic E-state index is 0.241. The van der Waals surface area contributed by atoms with Gasteiger partial charge in [0.25, 0.3) is 0 Å². The van der Waals surface area contributed by atoms with Crippen molar-refractivity contribution < 1.29 is 5.11 Å². The Morgan fingerprint density at radius 1 is 0.950 bits per heavy atom. The molecule has 0 saturated heterocycles. The van der Waals surface area contributed by atoms with E-state index < -0.39 is 0 Å². The molecule has 0 radical (unpaired) electrons. The van der Waals surface area contributed by atoms with Crippen LogP contribution in [0.5, 0.6) is 0 Å². The molecule has 2 atom stereocenters. The van der Waals surface area contributed by atoms with Gasteiger partial charge in [-0.25, -0.2) is 0 Å². The van der Waals surface area contributed by atoms with Gasteiger partial charge in [0.2, 0.25) is 0 Å². The third-order valence-corrected chi connectivity index (χ3v) is 5.05. The second-order valence-electron chi connectivity index (χ2n) is 5.09. The first kappa shape index (κ1) is 13.5. The molecule has 0 saturated carbocycles. The van der Waals surface area contributed by atoms with Crippen molar-refractivity contribution in [2.45, 2.75) is 5.92 Å². The Labute approximate surface area is 124 Å². The summed E-state index contributed by atoms with van der Waals surface area (Å²) in [5, 5.41) is 9.64. The maximum absolute atomic E-state index is 9.64. The van der Waals surface area contributed by atoms with E-state index in [1.165, 1.54) is 16.0 Å². The molecule has 1 heterocycles. The third kappa shape index (κ3) is 2.82. The molecule has 2 heteroatoms. The van der Waals surface area contributed by atoms with E-state index >= 15 is 0 Å². The minimum absolute atomic E-state index is 0.241. The quantitative estimate of drug-likeness (QED) is 0.912. The van der Waals surface area contributed by atoms with E-state index in [9.17, 15) is 5.11 Å². The second kappa shape index (κ2) is 6.29. The van der Waals surface area contributed by atoms with Crippen LogP contribution >= 0.6 is 11.8 Å². The summed E-state index contributed by atoms with van der Waals surface area (Å²) in [7, 11) is 0. The average molecular weight is 282 g/mol. The van der Waals surface area contributed by atoms with E-state index in [1.54, 1.807) is 0 Å². The van der Waals surface area contributed by atoms with Crippen LogP contribution in [0.4, 0.5) is 0 Å². The van der Waals surface area contributed by atoms with Crippen LogP contribution in [0, 0.1) is 5.92 Å². The first-order valence-corrected chi connectivity index (χ1v) is 7.93. The number of rotatable bonds is 3. The number of hydrogen-bond donors (Lipinski definition) is 1. The Balaban J connectivity index is 1.96. The van der Waals surface area contributed by atoms with E-state index in [0.717, 1.165) is 5.75 Å². The van der Waals surface area contributed by atoms with Crippen molar-refractivity contribution in [3.05, 3.63) is 77.9 Å². The lowest BCUT2D eigenvalue weighted by atomic mass is 9.86. The highest BCUT2D eigenvalue weighted by atomic mass is 32.2. The molecule has 0 spiro atoms. The molecule has 1 nitrogen and oxygen atoms in total. The second-order valence-corrected chi connectivity index (χ2v) is 6.15. The zero-order valence-electron chi connectivity index (χ0n) is 11.3. The van der Waals surface area contributed by atoms with Crippen molar-refractivity contribution >= 4 is 16.7 Å². The number of allylic oxidation sites excluding steroid dienone is 1. The van der Waals surface area contributed by atoms with Crippen LogP contribution in [0.25, 0.3) is 4.91 Å². The molecule has 2 aromatic rings. The molecule has 0 fully saturated rings. The minimum Gasteiger partial charge on any atom is -0.396 e. The molecule has 1 N–H and O–H groups in total. The molecule has 1 aliphatic heterocycles. The lowest BCUT2D eigenvalue weighted by molar-refractivity contribution is 0.229. The summed E-state index contributed by atoms with van der Waals surface area (Å²) in [6.45, 7) is 0.241. The van der Waals surface area contributed by atoms with Crippen molar-refractivity contribution in [2.24, 2.45) is 5.92 Å². The first-order valence-electron chi connectivity index (χ1n) is 6.94. The van der Waals surface area contributed by atoms with Crippen molar-refractivity contribution in [3.8, 4) is 0 Å². The monoisotopic (exact) mass is 282 g/mol. The first-order chi connectivity index (χ1) is 9.88. The van der Waals surface area contributed by atoms with Crippen molar-refractivity contribution in [1.82, 2.24) is 0 Å². The van der Waals surface area contributed by atoms with Crippen LogP contribution in [0.2, 0.25) is 0 Å². The van der Waals surface area contributed by atoms with Gasteiger partial charge >= 0.3 is 0 Å². The molecule has 0 bridgehead atoms. The summed E-state index contributed by atoms with van der Waals surface area (Å²) >= 11 is 1.85. The summed E-state index contributed by atoms with van der Waals surface area (Å²) in [5.74, 6) is 1.57. The largest absolute Gasteiger partial charge is 0.396 e. The van der Waals surface area contributed by atoms with Crippen LogP contribution < -0.4 is 0 Å². The van der Waals surface area contributed by atoms with Gasteiger partial charge in [0.1, 0.15) is 0 Å². The highest BCUT2D eigenvalue weighted by Gasteiger charge is 2.26. The lowest BCUT2D eigenvalue weighted by Gasteiger charge is -2.29. The van der Waals surface area contributed by atoms with Crippen LogP contribution in [0.1, 0.15) is 17.0 Å². The highest BCUT2D eigenvalue weighted by Crippen LogP contribution is 2.42. The zero-order chi connectivity index (χ0) is 13.8. The summed E-state index contributed by atoms with van der Waals surface area (Å²) < 4.78 is 0. The van der Waals surface area contributed by atoms with Gasteiger partial charge in [-0.05, 0) is 11.1 Å². The van der Waals surface area contributed by atoms with Crippen LogP contribution in [0.3, 0.4) is 0 Å². The molecule has 20 heavy (non-hydrogen) atoms. The fourth-order valence-corrected chi connectivity index (χ4v) is 3.89. The van der Waals surface area contributed by atoms with E-state index in [-0.39, 0.29) is 6.61 Å². The fraction of sp³-hybridized carbons (Fsp3) is 0.222. The van der Waals surface area contributed by atoms with Crippen LogP contribution in [0.15, 0.2) is 66.7 Å². The topological polar surface area (TPSA) is 20.2 Å². The standard InChI is InChI=1S/C18H18OS/c19-12-16-13-20-18(15-9-5-2-6-10-15)11-17(16)14-7-3-1-4-8-14/h1-11,16-17,19H,12-13H2/t16-,17-/m0/s1. The average Bonchev–Trinajstić information content (AvgIpc) is 2.56. The van der Waals surface area contributed by atoms with Crippen molar-refractivity contribution in [1.29, 1.82) is 0 Å². The number of aliphatic hydroxyl groups excluding tert-OH is 1. The van der Waals surface area contributed by atoms with Gasteiger partial charge in [-0.1, -0.05) is 66.7 Å². The Morgan fingerprint density at radius 2 is 1.60 bits per heavy atom. The smallest absolute Gasteiger partial charge is 0.0476 e. The van der Waals surface area contributed by atoms with E-state index in [1.807, 2.05) is 23.9 Å². The predicted octanol–water partition coefficient (Wildman–Crippen LogP) is 4.17. The molecule has 3 rings (SSSR count). The van der Waals surface area contributed by atoms with E-state index in [0.29, 0.717) is 11.8 Å². The van der Waals surface area contributed by atoms with Gasteiger partial charge < -0.3 is 5.11 Å². The molecular weight excluding hydrogens is 264 g/mol. The molecule has 0 aromatic heterocycles. The third-order valence-electron chi connectivity index (χ3n) is 3.77. The number of aliphatic hydroxyl groups is 1. The lowest BCUT2D eigenvalue weighted by Crippen LogP contribution is -2.21. The molecule has 1 aliphatic rings. The predicted molar refractivity (Wildman–Crippen MR) is 86.6 cm³/mol. The van der Waals surface area contributed by atoms with Crippen molar-refractivity contribution in [2.75, 3.05) is 12.4 Å². The normalized spacial score (nSPS) is 22.4. The van der Waals surface area contributed by atoms with Crippen molar-refractivity contribution in [3.63, 3.8) is 0 Å². The Morgan fingerprint density at radius 3 is 2.25 bits per heavy atom.